The molecule has 3 aliphatic heterocycles. The first-order valence-electron chi connectivity index (χ1n) is 13.3. The zero-order valence-electron chi connectivity index (χ0n) is 20.4. The minimum atomic E-state index is -0.0818. The number of carbonyl (C=O) groups is 1. The van der Waals surface area contributed by atoms with Crippen LogP contribution in [-0.2, 0) is 11.2 Å². The van der Waals surface area contributed by atoms with Crippen molar-refractivity contribution in [2.45, 2.75) is 76.9 Å². The van der Waals surface area contributed by atoms with Crippen LogP contribution in [0.3, 0.4) is 0 Å². The number of piperidine rings is 3. The summed E-state index contributed by atoms with van der Waals surface area (Å²) in [5, 5.41) is 6.15. The average molecular weight is 461 g/mol. The van der Waals surface area contributed by atoms with Crippen molar-refractivity contribution in [1.29, 1.82) is 0 Å². The van der Waals surface area contributed by atoms with Crippen molar-refractivity contribution in [3.05, 3.63) is 52.0 Å². The molecular weight excluding hydrogens is 424 g/mol. The summed E-state index contributed by atoms with van der Waals surface area (Å²) in [4.78, 5) is 31.6. The second-order valence-electron chi connectivity index (χ2n) is 11.1. The van der Waals surface area contributed by atoms with E-state index in [4.69, 9.17) is 0 Å². The fourth-order valence-electron chi connectivity index (χ4n) is 7.25. The Morgan fingerprint density at radius 3 is 2.76 bits per heavy atom. The maximum absolute atomic E-state index is 13.8. The molecule has 34 heavy (non-hydrogen) atoms. The molecule has 180 valence electrons. The Balaban J connectivity index is 1.32. The van der Waals surface area contributed by atoms with Gasteiger partial charge in [-0.2, -0.15) is 5.10 Å². The molecule has 2 aromatic rings. The molecule has 4 heterocycles. The molecule has 3 saturated heterocycles. The normalized spacial score (nSPS) is 29.0. The summed E-state index contributed by atoms with van der Waals surface area (Å²) in [5.41, 5.74) is 2.15. The van der Waals surface area contributed by atoms with Crippen LogP contribution in [0, 0.1) is 11.8 Å². The van der Waals surface area contributed by atoms with Gasteiger partial charge in [-0.25, -0.2) is 4.68 Å². The first-order valence-corrected chi connectivity index (χ1v) is 13.3. The number of rotatable bonds is 3. The Hall–Kier alpha value is -2.47. The summed E-state index contributed by atoms with van der Waals surface area (Å²) in [6, 6.07) is 8.51. The Kier molecular flexibility index (Phi) is 5.59. The monoisotopic (exact) mass is 460 g/mol. The van der Waals surface area contributed by atoms with Crippen molar-refractivity contribution >= 4 is 16.7 Å². The lowest BCUT2D eigenvalue weighted by molar-refractivity contribution is -0.135. The molecule has 6 rings (SSSR count). The van der Waals surface area contributed by atoms with Crippen LogP contribution in [0.1, 0.15) is 64.1 Å². The van der Waals surface area contributed by atoms with Gasteiger partial charge >= 0.3 is 0 Å². The van der Waals surface area contributed by atoms with Crippen molar-refractivity contribution in [2.24, 2.45) is 11.8 Å². The van der Waals surface area contributed by atoms with Gasteiger partial charge in [0.2, 0.25) is 5.91 Å². The van der Waals surface area contributed by atoms with Crippen LogP contribution in [-0.4, -0.2) is 57.2 Å². The topological polar surface area (TPSA) is 58.4 Å². The molecule has 1 aromatic heterocycles. The summed E-state index contributed by atoms with van der Waals surface area (Å²) < 4.78 is 1.54. The highest BCUT2D eigenvalue weighted by atomic mass is 16.2. The average Bonchev–Trinajstić information content (AvgIpc) is 2.85. The Labute approximate surface area is 201 Å². The number of nitrogens with zero attached hydrogens (tertiary/aromatic N) is 4. The molecule has 0 radical (unpaired) electrons. The number of carbonyl (C=O) groups excluding carboxylic acids is 1. The van der Waals surface area contributed by atoms with Crippen molar-refractivity contribution < 1.29 is 4.79 Å². The van der Waals surface area contributed by atoms with Gasteiger partial charge in [0.1, 0.15) is 0 Å². The van der Waals surface area contributed by atoms with E-state index in [1.807, 2.05) is 38.1 Å². The largest absolute Gasteiger partial charge is 0.335 e. The van der Waals surface area contributed by atoms with E-state index in [9.17, 15) is 9.59 Å². The number of aromatic nitrogens is 2. The molecule has 1 aromatic carbocycles. The van der Waals surface area contributed by atoms with Gasteiger partial charge in [-0.15, -0.1) is 0 Å². The minimum absolute atomic E-state index is 0.0505. The molecule has 0 spiro atoms. The quantitative estimate of drug-likeness (QED) is 0.651. The number of likely N-dealkylation sites (tertiary alicyclic amines) is 1. The van der Waals surface area contributed by atoms with Crippen LogP contribution in [0.5, 0.6) is 0 Å². The molecule has 2 bridgehead atoms. The summed E-state index contributed by atoms with van der Waals surface area (Å²) in [6.07, 6.45) is 10.2. The van der Waals surface area contributed by atoms with Crippen molar-refractivity contribution in [2.75, 3.05) is 19.6 Å². The van der Waals surface area contributed by atoms with E-state index >= 15 is 0 Å². The van der Waals surface area contributed by atoms with Gasteiger partial charge in [0.15, 0.2) is 0 Å². The molecule has 0 saturated carbocycles. The van der Waals surface area contributed by atoms with Crippen LogP contribution >= 0.6 is 0 Å². The van der Waals surface area contributed by atoms with Gasteiger partial charge in [0, 0.05) is 24.5 Å². The van der Waals surface area contributed by atoms with E-state index in [1.54, 1.807) is 0 Å². The van der Waals surface area contributed by atoms with E-state index in [0.29, 0.717) is 17.2 Å². The fraction of sp³-hybridized carbons (Fsp3) is 0.607. The lowest BCUT2D eigenvalue weighted by atomic mass is 9.68. The van der Waals surface area contributed by atoms with Crippen LogP contribution in [0.15, 0.2) is 40.7 Å². The Bertz CT molecular complexity index is 1200. The number of fused-ring (bicyclic) bond motifs is 7. The van der Waals surface area contributed by atoms with Gasteiger partial charge in [0.05, 0.1) is 29.6 Å². The van der Waals surface area contributed by atoms with E-state index in [0.717, 1.165) is 43.1 Å². The van der Waals surface area contributed by atoms with Gasteiger partial charge in [0.25, 0.3) is 5.56 Å². The molecular formula is C28H36N4O2. The van der Waals surface area contributed by atoms with Crippen molar-refractivity contribution in [1.82, 2.24) is 19.6 Å². The zero-order valence-corrected chi connectivity index (χ0v) is 20.4. The summed E-state index contributed by atoms with van der Waals surface area (Å²) in [7, 11) is 0. The maximum atomic E-state index is 13.8. The van der Waals surface area contributed by atoms with Crippen LogP contribution in [0.25, 0.3) is 10.8 Å². The lowest BCUT2D eigenvalue weighted by Gasteiger charge is -2.54. The van der Waals surface area contributed by atoms with Gasteiger partial charge < -0.3 is 4.90 Å². The molecule has 6 nitrogen and oxygen atoms in total. The SMILES string of the molecule is CC(C)n1nc(CC(=O)N2CCCC3=C[C@H]4C[C@H](CN5CCCC[C@H]45)[C@@H]32)c2ccccc2c1=O. The second kappa shape index (κ2) is 8.63. The first kappa shape index (κ1) is 22.0. The summed E-state index contributed by atoms with van der Waals surface area (Å²) >= 11 is 0. The number of benzene rings is 1. The molecule has 1 aliphatic carbocycles. The maximum Gasteiger partial charge on any atom is 0.274 e. The molecule has 0 N–H and O–H groups in total. The van der Waals surface area contributed by atoms with Gasteiger partial charge in [-0.05, 0) is 70.4 Å². The summed E-state index contributed by atoms with van der Waals surface area (Å²) in [5.74, 6) is 1.36. The first-order chi connectivity index (χ1) is 16.5. The van der Waals surface area contributed by atoms with Crippen molar-refractivity contribution in [3.63, 3.8) is 0 Å². The highest BCUT2D eigenvalue weighted by Gasteiger charge is 2.46. The molecule has 1 amide bonds. The molecule has 3 fully saturated rings. The van der Waals surface area contributed by atoms with Crippen LogP contribution < -0.4 is 5.56 Å². The van der Waals surface area contributed by atoms with Gasteiger partial charge in [-0.3, -0.25) is 14.5 Å². The zero-order chi connectivity index (χ0) is 23.4. The predicted octanol–water partition coefficient (Wildman–Crippen LogP) is 3.94. The minimum Gasteiger partial charge on any atom is -0.335 e. The number of hydrogen-bond acceptors (Lipinski definition) is 4. The standard InChI is InChI=1S/C28H36N4O2/c1-18(2)32-28(34)23-10-4-3-9-22(23)24(29-32)16-26(33)31-13-7-8-19-14-20-15-21(27(19)31)17-30-12-6-5-11-25(20)30/h3-4,9-10,14,18,20-21,25,27H,5-8,11-13,15-17H2,1-2H3/t20-,21+,25+,27+/m0/s1. The molecule has 6 heteroatoms. The van der Waals surface area contributed by atoms with E-state index in [-0.39, 0.29) is 30.0 Å². The lowest BCUT2D eigenvalue weighted by Crippen LogP contribution is -2.60. The third-order valence-corrected chi connectivity index (χ3v) is 8.69. The summed E-state index contributed by atoms with van der Waals surface area (Å²) in [6.45, 7) is 7.10. The highest BCUT2D eigenvalue weighted by Crippen LogP contribution is 2.45. The third kappa shape index (κ3) is 3.62. The van der Waals surface area contributed by atoms with Crippen LogP contribution in [0.4, 0.5) is 0 Å². The number of hydrogen-bond donors (Lipinski definition) is 0. The Morgan fingerprint density at radius 2 is 1.94 bits per heavy atom. The molecule has 0 unspecified atom stereocenters. The highest BCUT2D eigenvalue weighted by molar-refractivity contribution is 5.88. The third-order valence-electron chi connectivity index (χ3n) is 8.69. The van der Waals surface area contributed by atoms with E-state index in [2.05, 4.69) is 21.0 Å². The Morgan fingerprint density at radius 1 is 1.12 bits per heavy atom. The van der Waals surface area contributed by atoms with Crippen molar-refractivity contribution in [3.8, 4) is 0 Å². The number of amides is 1. The van der Waals surface area contributed by atoms with Gasteiger partial charge in [-0.1, -0.05) is 36.3 Å². The molecule has 4 atom stereocenters. The van der Waals surface area contributed by atoms with Crippen LogP contribution in [0.2, 0.25) is 0 Å². The molecule has 4 aliphatic rings. The smallest absolute Gasteiger partial charge is 0.274 e. The van der Waals surface area contributed by atoms with E-state index < -0.39 is 0 Å². The fourth-order valence-corrected chi connectivity index (χ4v) is 7.25. The van der Waals surface area contributed by atoms with E-state index in [1.165, 1.54) is 42.5 Å². The second-order valence-corrected chi connectivity index (χ2v) is 11.1. The predicted molar refractivity (Wildman–Crippen MR) is 134 cm³/mol.